The maximum Gasteiger partial charge on any atom is 0.173 e. The minimum atomic E-state index is -0.248. The van der Waals surface area contributed by atoms with Gasteiger partial charge in [-0.2, -0.15) is 0 Å². The van der Waals surface area contributed by atoms with Crippen LogP contribution < -0.4 is 10.6 Å². The van der Waals surface area contributed by atoms with E-state index in [1.165, 1.54) is 0 Å². The van der Waals surface area contributed by atoms with Crippen LogP contribution in [0.15, 0.2) is 28.3 Å². The molecule has 2 rings (SSSR count). The Labute approximate surface area is 129 Å². The molecule has 1 aliphatic heterocycles. The van der Waals surface area contributed by atoms with Crippen LogP contribution >= 0.6 is 11.8 Å². The highest BCUT2D eigenvalue weighted by Gasteiger charge is 2.27. The number of nitrogens with zero attached hydrogens (tertiary/aromatic N) is 2. The number of benzene rings is 1. The molecule has 0 saturated carbocycles. The van der Waals surface area contributed by atoms with Crippen molar-refractivity contribution in [3.8, 4) is 0 Å². The third-order valence-corrected chi connectivity index (χ3v) is 4.81. The normalized spacial score (nSPS) is 23.4. The summed E-state index contributed by atoms with van der Waals surface area (Å²) in [6.07, 6.45) is 0.490. The van der Waals surface area contributed by atoms with Crippen molar-refractivity contribution < 1.29 is 10.3 Å². The summed E-state index contributed by atoms with van der Waals surface area (Å²) in [7, 11) is 0. The van der Waals surface area contributed by atoms with Crippen LogP contribution in [0.25, 0.3) is 0 Å². The second-order valence-corrected chi connectivity index (χ2v) is 6.65. The number of rotatable bonds is 4. The molecule has 0 radical (unpaired) electrons. The van der Waals surface area contributed by atoms with Crippen molar-refractivity contribution in [1.29, 1.82) is 0 Å². The van der Waals surface area contributed by atoms with Gasteiger partial charge in [-0.05, 0) is 30.2 Å². The molecule has 6 heteroatoms. The zero-order chi connectivity index (χ0) is 15.4. The molecular formula is C15H23N3O2S. The van der Waals surface area contributed by atoms with Crippen molar-refractivity contribution in [2.24, 2.45) is 16.8 Å². The molecule has 1 heterocycles. The maximum atomic E-state index is 9.89. The summed E-state index contributed by atoms with van der Waals surface area (Å²) in [5.41, 5.74) is 7.67. The molecule has 1 saturated heterocycles. The van der Waals surface area contributed by atoms with Crippen molar-refractivity contribution in [3.63, 3.8) is 0 Å². The van der Waals surface area contributed by atoms with Gasteiger partial charge in [-0.25, -0.2) is 0 Å². The van der Waals surface area contributed by atoms with Gasteiger partial charge in [0.1, 0.15) is 0 Å². The van der Waals surface area contributed by atoms with Crippen LogP contribution in [0.2, 0.25) is 0 Å². The first-order valence-electron chi connectivity index (χ1n) is 7.25. The molecule has 1 fully saturated rings. The first kappa shape index (κ1) is 16.0. The maximum absolute atomic E-state index is 9.89. The molecule has 116 valence electrons. The number of nitrogens with two attached hydrogens (primary N) is 1. The topological polar surface area (TPSA) is 82.1 Å². The smallest absolute Gasteiger partial charge is 0.173 e. The van der Waals surface area contributed by atoms with Crippen molar-refractivity contribution >= 4 is 23.3 Å². The van der Waals surface area contributed by atoms with Crippen molar-refractivity contribution in [2.75, 3.05) is 23.7 Å². The molecule has 0 aromatic heterocycles. The lowest BCUT2D eigenvalue weighted by Crippen LogP contribution is -2.42. The van der Waals surface area contributed by atoms with E-state index >= 15 is 0 Å². The summed E-state index contributed by atoms with van der Waals surface area (Å²) in [6, 6.07) is 5.99. The summed E-state index contributed by atoms with van der Waals surface area (Å²) in [4.78, 5) is 3.23. The van der Waals surface area contributed by atoms with Gasteiger partial charge in [0, 0.05) is 23.7 Å². The molecule has 0 amide bonds. The fourth-order valence-electron chi connectivity index (χ4n) is 2.72. The van der Waals surface area contributed by atoms with Crippen LogP contribution in [0.4, 0.5) is 5.69 Å². The Bertz CT molecular complexity index is 522. The summed E-state index contributed by atoms with van der Waals surface area (Å²) in [5.74, 6) is 1.27. The van der Waals surface area contributed by atoms with E-state index in [1.54, 1.807) is 11.8 Å². The van der Waals surface area contributed by atoms with Gasteiger partial charge in [0.25, 0.3) is 0 Å². The van der Waals surface area contributed by atoms with Crippen LogP contribution in [0, 0.1) is 5.92 Å². The largest absolute Gasteiger partial charge is 0.409 e. The predicted molar refractivity (Wildman–Crippen MR) is 87.4 cm³/mol. The molecule has 5 nitrogen and oxygen atoms in total. The van der Waals surface area contributed by atoms with Gasteiger partial charge in [0.2, 0.25) is 0 Å². The fourth-order valence-corrected chi connectivity index (χ4v) is 3.56. The first-order valence-corrected chi connectivity index (χ1v) is 8.23. The monoisotopic (exact) mass is 309 g/mol. The number of aliphatic hydroxyl groups excluding tert-OH is 1. The first-order chi connectivity index (χ1) is 10.1. The number of aliphatic hydroxyl groups is 1. The average molecular weight is 309 g/mol. The Kier molecular flexibility index (Phi) is 5.36. The van der Waals surface area contributed by atoms with Crippen molar-refractivity contribution in [1.82, 2.24) is 0 Å². The molecule has 2 unspecified atom stereocenters. The van der Waals surface area contributed by atoms with Crippen LogP contribution in [-0.2, 0) is 0 Å². The molecule has 0 aliphatic carbocycles. The average Bonchev–Trinajstić information content (AvgIpc) is 2.49. The van der Waals surface area contributed by atoms with E-state index in [9.17, 15) is 5.11 Å². The number of amidine groups is 1. The van der Waals surface area contributed by atoms with Gasteiger partial charge in [0.05, 0.1) is 11.7 Å². The second-order valence-electron chi connectivity index (χ2n) is 5.35. The number of anilines is 1. The van der Waals surface area contributed by atoms with Gasteiger partial charge < -0.3 is 20.9 Å². The lowest BCUT2D eigenvalue weighted by Gasteiger charge is -2.37. The lowest BCUT2D eigenvalue weighted by atomic mass is 9.95. The molecule has 21 heavy (non-hydrogen) atoms. The third-order valence-electron chi connectivity index (χ3n) is 3.87. The predicted octanol–water partition coefficient (Wildman–Crippen LogP) is 2.10. The number of piperidine rings is 1. The standard InChI is InChI=1S/C15H23N3O2S/c1-3-21-13-6-4-5-11(14(13)15(16)17-20)18-8-7-12(19)10(2)9-18/h4-6,10,12,19-20H,3,7-9H2,1-2H3,(H2,16,17). The highest BCUT2D eigenvalue weighted by atomic mass is 32.2. The number of oxime groups is 1. The van der Waals surface area contributed by atoms with Crippen molar-refractivity contribution in [2.45, 2.75) is 31.3 Å². The van der Waals surface area contributed by atoms with Gasteiger partial charge >= 0.3 is 0 Å². The molecule has 1 aromatic carbocycles. The van der Waals surface area contributed by atoms with E-state index in [4.69, 9.17) is 10.9 Å². The van der Waals surface area contributed by atoms with E-state index in [2.05, 4.69) is 17.0 Å². The Morgan fingerprint density at radius 2 is 2.29 bits per heavy atom. The van der Waals surface area contributed by atoms with E-state index in [0.29, 0.717) is 0 Å². The molecule has 1 aromatic rings. The van der Waals surface area contributed by atoms with E-state index in [0.717, 1.165) is 41.4 Å². The molecule has 1 aliphatic rings. The van der Waals surface area contributed by atoms with Crippen LogP contribution in [0.1, 0.15) is 25.8 Å². The second kappa shape index (κ2) is 7.04. The quantitative estimate of drug-likeness (QED) is 0.261. The molecular weight excluding hydrogens is 286 g/mol. The molecule has 2 atom stereocenters. The fraction of sp³-hybridized carbons (Fsp3) is 0.533. The molecule has 0 bridgehead atoms. The van der Waals surface area contributed by atoms with Gasteiger partial charge in [-0.3, -0.25) is 0 Å². The summed E-state index contributed by atoms with van der Waals surface area (Å²) in [5, 5.41) is 22.2. The number of hydrogen-bond acceptors (Lipinski definition) is 5. The zero-order valence-corrected chi connectivity index (χ0v) is 13.3. The minimum Gasteiger partial charge on any atom is -0.409 e. The third kappa shape index (κ3) is 3.44. The van der Waals surface area contributed by atoms with E-state index < -0.39 is 0 Å². The Balaban J connectivity index is 2.40. The SMILES string of the molecule is CCSc1cccc(N2CCC(O)C(C)C2)c1/C(N)=N/O. The van der Waals surface area contributed by atoms with Crippen LogP contribution in [-0.4, -0.2) is 41.1 Å². The Morgan fingerprint density at radius 3 is 2.90 bits per heavy atom. The Hall–Kier alpha value is -1.40. The van der Waals surface area contributed by atoms with E-state index in [1.807, 2.05) is 25.1 Å². The number of hydrogen-bond donors (Lipinski definition) is 3. The lowest BCUT2D eigenvalue weighted by molar-refractivity contribution is 0.0971. The van der Waals surface area contributed by atoms with Gasteiger partial charge in [-0.1, -0.05) is 25.1 Å². The highest BCUT2D eigenvalue weighted by molar-refractivity contribution is 7.99. The number of thioether (sulfide) groups is 1. The van der Waals surface area contributed by atoms with Gasteiger partial charge in [0.15, 0.2) is 5.84 Å². The van der Waals surface area contributed by atoms with Crippen molar-refractivity contribution in [3.05, 3.63) is 23.8 Å². The van der Waals surface area contributed by atoms with E-state index in [-0.39, 0.29) is 17.9 Å². The summed E-state index contributed by atoms with van der Waals surface area (Å²) in [6.45, 7) is 5.67. The minimum absolute atomic E-state index is 0.139. The van der Waals surface area contributed by atoms with Gasteiger partial charge in [-0.15, -0.1) is 11.8 Å². The summed E-state index contributed by atoms with van der Waals surface area (Å²) >= 11 is 1.68. The Morgan fingerprint density at radius 1 is 1.52 bits per heavy atom. The molecule has 4 N–H and O–H groups in total. The zero-order valence-electron chi connectivity index (χ0n) is 12.5. The van der Waals surface area contributed by atoms with Crippen LogP contribution in [0.3, 0.4) is 0 Å². The molecule has 0 spiro atoms. The van der Waals surface area contributed by atoms with Crippen LogP contribution in [0.5, 0.6) is 0 Å². The highest BCUT2D eigenvalue weighted by Crippen LogP contribution is 2.33. The summed E-state index contributed by atoms with van der Waals surface area (Å²) < 4.78 is 0.